The number of carbonyl (C=O) groups is 2. The van der Waals surface area contributed by atoms with Crippen molar-refractivity contribution >= 4 is 11.9 Å². The predicted molar refractivity (Wildman–Crippen MR) is 70.3 cm³/mol. The van der Waals surface area contributed by atoms with Crippen molar-refractivity contribution in [3.63, 3.8) is 0 Å². The summed E-state index contributed by atoms with van der Waals surface area (Å²) in [5.41, 5.74) is 3.40. The number of urea groups is 1. The van der Waals surface area contributed by atoms with Crippen LogP contribution in [0.3, 0.4) is 0 Å². The van der Waals surface area contributed by atoms with E-state index in [-0.39, 0.29) is 18.0 Å². The van der Waals surface area contributed by atoms with Gasteiger partial charge in [-0.25, -0.2) is 4.79 Å². The molecule has 3 amide bonds. The second-order valence-electron chi connectivity index (χ2n) is 5.00. The molecule has 2 aliphatic rings. The van der Waals surface area contributed by atoms with E-state index in [1.807, 2.05) is 31.2 Å². The Morgan fingerprint density at radius 2 is 2.11 bits per heavy atom. The standard InChI is InChI=1S/C14H15N3O2/c1-8-4-3-5-9(6-8)12-11-10(15-14(19)16-12)7-17(2)13(11)18/h3-6,12H,7H2,1-2H3,(H2,15,16,19)/t12-/m0/s1. The predicted octanol–water partition coefficient (Wildman–Crippen LogP) is 1.08. The number of nitrogens with zero attached hydrogens (tertiary/aromatic N) is 1. The molecule has 0 saturated carbocycles. The number of benzene rings is 1. The number of hydrogen-bond donors (Lipinski definition) is 2. The molecule has 2 aliphatic heterocycles. The molecule has 0 fully saturated rings. The summed E-state index contributed by atoms with van der Waals surface area (Å²) in [7, 11) is 1.74. The minimum Gasteiger partial charge on any atom is -0.336 e. The highest BCUT2D eigenvalue weighted by Gasteiger charge is 2.38. The largest absolute Gasteiger partial charge is 0.336 e. The lowest BCUT2D eigenvalue weighted by atomic mass is 9.95. The second kappa shape index (κ2) is 4.12. The Balaban J connectivity index is 2.07. The van der Waals surface area contributed by atoms with Crippen molar-refractivity contribution in [3.05, 3.63) is 46.7 Å². The lowest BCUT2D eigenvalue weighted by molar-refractivity contribution is -0.124. The number of aryl methyl sites for hydroxylation is 1. The van der Waals surface area contributed by atoms with Gasteiger partial charge in [-0.1, -0.05) is 29.8 Å². The Labute approximate surface area is 111 Å². The molecule has 0 saturated heterocycles. The SMILES string of the molecule is Cc1cccc([C@@H]2NC(=O)NC3=C2C(=O)N(C)C3)c1. The molecule has 2 N–H and O–H groups in total. The van der Waals surface area contributed by atoms with Gasteiger partial charge in [-0.15, -0.1) is 0 Å². The molecule has 0 bridgehead atoms. The molecule has 1 atom stereocenters. The average molecular weight is 257 g/mol. The Hall–Kier alpha value is -2.30. The number of amides is 3. The molecule has 0 aromatic heterocycles. The number of likely N-dealkylation sites (N-methyl/N-ethyl adjacent to an activating group) is 1. The monoisotopic (exact) mass is 257 g/mol. The summed E-state index contributed by atoms with van der Waals surface area (Å²) in [6.07, 6.45) is 0. The number of nitrogens with one attached hydrogen (secondary N) is 2. The zero-order valence-electron chi connectivity index (χ0n) is 10.9. The smallest absolute Gasteiger partial charge is 0.319 e. The molecule has 1 aromatic carbocycles. The topological polar surface area (TPSA) is 61.4 Å². The first-order valence-corrected chi connectivity index (χ1v) is 6.19. The Morgan fingerprint density at radius 1 is 1.32 bits per heavy atom. The molecule has 1 aromatic rings. The van der Waals surface area contributed by atoms with Crippen molar-refractivity contribution in [2.24, 2.45) is 0 Å². The first-order chi connectivity index (χ1) is 9.06. The molecule has 0 spiro atoms. The van der Waals surface area contributed by atoms with Gasteiger partial charge in [0, 0.05) is 7.05 Å². The summed E-state index contributed by atoms with van der Waals surface area (Å²) < 4.78 is 0. The summed E-state index contributed by atoms with van der Waals surface area (Å²) in [5, 5.41) is 5.55. The van der Waals surface area contributed by atoms with E-state index in [9.17, 15) is 9.59 Å². The third-order valence-corrected chi connectivity index (χ3v) is 3.50. The molecule has 98 valence electrons. The summed E-state index contributed by atoms with van der Waals surface area (Å²) in [5.74, 6) is -0.0333. The lowest BCUT2D eigenvalue weighted by Crippen LogP contribution is -2.44. The van der Waals surface area contributed by atoms with Crippen LogP contribution in [0.4, 0.5) is 4.79 Å². The second-order valence-corrected chi connectivity index (χ2v) is 5.00. The molecule has 3 rings (SSSR count). The van der Waals surface area contributed by atoms with E-state index in [2.05, 4.69) is 10.6 Å². The molecule has 5 nitrogen and oxygen atoms in total. The molecular formula is C14H15N3O2. The van der Waals surface area contributed by atoms with Gasteiger partial charge in [-0.05, 0) is 12.5 Å². The third-order valence-electron chi connectivity index (χ3n) is 3.50. The van der Waals surface area contributed by atoms with Crippen molar-refractivity contribution in [3.8, 4) is 0 Å². The van der Waals surface area contributed by atoms with E-state index in [1.165, 1.54) is 0 Å². The summed E-state index contributed by atoms with van der Waals surface area (Å²) in [6.45, 7) is 2.45. The Bertz CT molecular complexity index is 606. The van der Waals surface area contributed by atoms with Gasteiger partial charge in [0.25, 0.3) is 5.91 Å². The van der Waals surface area contributed by atoms with Crippen LogP contribution in [0.5, 0.6) is 0 Å². The maximum Gasteiger partial charge on any atom is 0.319 e. The zero-order chi connectivity index (χ0) is 13.6. The first-order valence-electron chi connectivity index (χ1n) is 6.19. The van der Waals surface area contributed by atoms with Crippen LogP contribution in [0.15, 0.2) is 35.5 Å². The van der Waals surface area contributed by atoms with E-state index < -0.39 is 0 Å². The highest BCUT2D eigenvalue weighted by Crippen LogP contribution is 2.31. The van der Waals surface area contributed by atoms with Crippen molar-refractivity contribution in [2.45, 2.75) is 13.0 Å². The molecular weight excluding hydrogens is 242 g/mol. The fourth-order valence-corrected chi connectivity index (χ4v) is 2.61. The molecule has 0 radical (unpaired) electrons. The van der Waals surface area contributed by atoms with Crippen LogP contribution in [-0.4, -0.2) is 30.4 Å². The van der Waals surface area contributed by atoms with Crippen LogP contribution in [0, 0.1) is 6.92 Å². The molecule has 2 heterocycles. The minimum atomic E-state index is -0.360. The number of rotatable bonds is 1. The van der Waals surface area contributed by atoms with Crippen LogP contribution in [-0.2, 0) is 4.79 Å². The van der Waals surface area contributed by atoms with E-state index in [1.54, 1.807) is 11.9 Å². The van der Waals surface area contributed by atoms with Crippen LogP contribution >= 0.6 is 0 Å². The van der Waals surface area contributed by atoms with Gasteiger partial charge in [-0.3, -0.25) is 4.79 Å². The van der Waals surface area contributed by atoms with Gasteiger partial charge in [0.2, 0.25) is 0 Å². The van der Waals surface area contributed by atoms with Gasteiger partial charge in [0.15, 0.2) is 0 Å². The van der Waals surface area contributed by atoms with Crippen LogP contribution in [0.2, 0.25) is 0 Å². The maximum atomic E-state index is 12.2. The van der Waals surface area contributed by atoms with E-state index in [0.29, 0.717) is 17.8 Å². The van der Waals surface area contributed by atoms with E-state index in [0.717, 1.165) is 11.1 Å². The average Bonchev–Trinajstić information content (AvgIpc) is 2.64. The van der Waals surface area contributed by atoms with Crippen LogP contribution < -0.4 is 10.6 Å². The highest BCUT2D eigenvalue weighted by atomic mass is 16.2. The molecule has 0 unspecified atom stereocenters. The highest BCUT2D eigenvalue weighted by molar-refractivity contribution is 6.01. The maximum absolute atomic E-state index is 12.2. The fourth-order valence-electron chi connectivity index (χ4n) is 2.61. The summed E-state index contributed by atoms with van der Waals surface area (Å²) >= 11 is 0. The zero-order valence-corrected chi connectivity index (χ0v) is 10.9. The Morgan fingerprint density at radius 3 is 2.84 bits per heavy atom. The Kier molecular flexibility index (Phi) is 2.55. The van der Waals surface area contributed by atoms with Crippen LogP contribution in [0.1, 0.15) is 17.2 Å². The van der Waals surface area contributed by atoms with Crippen molar-refractivity contribution in [1.82, 2.24) is 15.5 Å². The molecule has 0 aliphatic carbocycles. The van der Waals surface area contributed by atoms with E-state index >= 15 is 0 Å². The van der Waals surface area contributed by atoms with Gasteiger partial charge >= 0.3 is 6.03 Å². The third kappa shape index (κ3) is 1.87. The van der Waals surface area contributed by atoms with Crippen molar-refractivity contribution < 1.29 is 9.59 Å². The van der Waals surface area contributed by atoms with E-state index in [4.69, 9.17) is 0 Å². The minimum absolute atomic E-state index is 0.0333. The van der Waals surface area contributed by atoms with Gasteiger partial charge in [0.05, 0.1) is 23.9 Å². The number of carbonyl (C=O) groups excluding carboxylic acids is 2. The first kappa shape index (κ1) is 11.8. The van der Waals surface area contributed by atoms with Crippen LogP contribution in [0.25, 0.3) is 0 Å². The van der Waals surface area contributed by atoms with Gasteiger partial charge in [0.1, 0.15) is 0 Å². The van der Waals surface area contributed by atoms with Crippen molar-refractivity contribution in [2.75, 3.05) is 13.6 Å². The van der Waals surface area contributed by atoms with Gasteiger partial charge < -0.3 is 15.5 Å². The van der Waals surface area contributed by atoms with Crippen molar-refractivity contribution in [1.29, 1.82) is 0 Å². The normalized spacial score (nSPS) is 22.2. The lowest BCUT2D eigenvalue weighted by Gasteiger charge is -2.25. The summed E-state index contributed by atoms with van der Waals surface area (Å²) in [6, 6.07) is 7.23. The fraction of sp³-hybridized carbons (Fsp3) is 0.286. The number of hydrogen-bond acceptors (Lipinski definition) is 2. The quantitative estimate of drug-likeness (QED) is 0.790. The molecule has 19 heavy (non-hydrogen) atoms. The van der Waals surface area contributed by atoms with Gasteiger partial charge in [-0.2, -0.15) is 0 Å². The molecule has 5 heteroatoms. The summed E-state index contributed by atoms with van der Waals surface area (Å²) in [4.78, 5) is 25.5.